The van der Waals surface area contributed by atoms with Crippen molar-refractivity contribution < 1.29 is 9.59 Å². The van der Waals surface area contributed by atoms with Crippen LogP contribution in [-0.4, -0.2) is 11.7 Å². The Hall–Kier alpha value is -1.17. The normalized spacial score (nSPS) is 13.3. The summed E-state index contributed by atoms with van der Waals surface area (Å²) in [5.41, 5.74) is 1.94. The summed E-state index contributed by atoms with van der Waals surface area (Å²) in [5, 5.41) is 3.07. The van der Waals surface area contributed by atoms with Crippen LogP contribution in [0.25, 0.3) is 0 Å². The smallest absolute Gasteiger partial charge is 0.228 e. The molecule has 6 heteroatoms. The Morgan fingerprint density at radius 1 is 1.37 bits per heavy atom. The Labute approximate surface area is 126 Å². The van der Waals surface area contributed by atoms with Crippen molar-refractivity contribution in [2.75, 3.05) is 5.32 Å². The lowest BCUT2D eigenvalue weighted by Crippen LogP contribution is -2.03. The first-order valence-corrected chi connectivity index (χ1v) is 7.45. The number of hydrogen-bond acceptors (Lipinski definition) is 3. The van der Waals surface area contributed by atoms with E-state index in [-0.39, 0.29) is 11.7 Å². The summed E-state index contributed by atoms with van der Waals surface area (Å²) in [6, 6.07) is 6.91. The highest BCUT2D eigenvalue weighted by Crippen LogP contribution is 2.32. The van der Waals surface area contributed by atoms with Crippen molar-refractivity contribution in [3.8, 4) is 0 Å². The number of carbonyl (C=O) groups excluding carboxylic acids is 2. The van der Waals surface area contributed by atoms with Crippen LogP contribution in [0.2, 0.25) is 5.02 Å². The van der Waals surface area contributed by atoms with Crippen LogP contribution in [0.4, 0.5) is 5.69 Å². The van der Waals surface area contributed by atoms with Gasteiger partial charge in [-0.3, -0.25) is 9.59 Å². The fourth-order valence-corrected chi connectivity index (χ4v) is 3.58. The van der Waals surface area contributed by atoms with E-state index < -0.39 is 0 Å². The van der Waals surface area contributed by atoms with E-state index in [1.54, 1.807) is 18.2 Å². The Bertz CT molecular complexity index is 711. The van der Waals surface area contributed by atoms with Gasteiger partial charge in [-0.05, 0) is 45.8 Å². The van der Waals surface area contributed by atoms with Crippen LogP contribution in [0.5, 0.6) is 0 Å². The van der Waals surface area contributed by atoms with Gasteiger partial charge in [0.25, 0.3) is 0 Å². The molecule has 0 atom stereocenters. The third kappa shape index (κ3) is 2.33. The van der Waals surface area contributed by atoms with Gasteiger partial charge in [-0.15, -0.1) is 11.3 Å². The molecule has 1 amide bonds. The summed E-state index contributed by atoms with van der Waals surface area (Å²) < 4.78 is 0.893. The lowest BCUT2D eigenvalue weighted by Gasteiger charge is -2.05. The minimum atomic E-state index is -0.122. The molecule has 3 rings (SSSR count). The number of rotatable bonds is 2. The number of ketones is 1. The molecular weight excluding hydrogens is 350 g/mol. The highest BCUT2D eigenvalue weighted by Gasteiger charge is 2.23. The van der Waals surface area contributed by atoms with Crippen molar-refractivity contribution in [3.63, 3.8) is 0 Å². The van der Waals surface area contributed by atoms with Gasteiger partial charge >= 0.3 is 0 Å². The second-order valence-electron chi connectivity index (χ2n) is 4.15. The van der Waals surface area contributed by atoms with E-state index in [1.165, 1.54) is 11.3 Å². The van der Waals surface area contributed by atoms with Crippen LogP contribution < -0.4 is 5.32 Å². The first-order valence-electron chi connectivity index (χ1n) is 5.47. The molecule has 2 aromatic rings. The largest absolute Gasteiger partial charge is 0.325 e. The molecule has 19 heavy (non-hydrogen) atoms. The summed E-state index contributed by atoms with van der Waals surface area (Å²) in [6.07, 6.45) is 0.293. The Morgan fingerprint density at radius 3 is 2.84 bits per heavy atom. The Kier molecular flexibility index (Phi) is 3.20. The van der Waals surface area contributed by atoms with E-state index in [0.29, 0.717) is 27.6 Å². The van der Waals surface area contributed by atoms with Crippen LogP contribution in [0.3, 0.4) is 0 Å². The quantitative estimate of drug-likeness (QED) is 0.830. The number of halogens is 2. The van der Waals surface area contributed by atoms with Crippen LogP contribution in [0, 0.1) is 0 Å². The zero-order valence-electron chi connectivity index (χ0n) is 9.50. The zero-order chi connectivity index (χ0) is 13.6. The maximum atomic E-state index is 12.4. The summed E-state index contributed by atoms with van der Waals surface area (Å²) in [4.78, 5) is 24.3. The number of hydrogen-bond donors (Lipinski definition) is 1. The highest BCUT2D eigenvalue weighted by atomic mass is 79.9. The van der Waals surface area contributed by atoms with E-state index >= 15 is 0 Å². The molecule has 0 radical (unpaired) electrons. The van der Waals surface area contributed by atoms with Crippen molar-refractivity contribution >= 4 is 56.2 Å². The number of carbonyl (C=O) groups is 2. The molecule has 2 heterocycles. The number of nitrogens with one attached hydrogen (secondary N) is 1. The Balaban J connectivity index is 2.04. The van der Waals surface area contributed by atoms with Crippen LogP contribution in [0.15, 0.2) is 28.1 Å². The van der Waals surface area contributed by atoms with Crippen molar-refractivity contribution in [1.82, 2.24) is 0 Å². The summed E-state index contributed by atoms with van der Waals surface area (Å²) in [5.74, 6) is -0.197. The number of benzene rings is 1. The standard InChI is InChI=1S/C13H7BrClNO2S/c14-11-2-1-10(19-11)13(18)7-3-6-4-12(17)16-9(6)5-8(7)15/h1-3,5H,4H2,(H,16,17). The first kappa shape index (κ1) is 12.8. The SMILES string of the molecule is O=C1Cc2cc(C(=O)c3ccc(Br)s3)c(Cl)cc2N1. The molecule has 0 fully saturated rings. The molecule has 0 aliphatic carbocycles. The molecule has 1 aliphatic heterocycles. The van der Waals surface area contributed by atoms with E-state index in [4.69, 9.17) is 11.6 Å². The molecule has 1 aliphatic rings. The van der Waals surface area contributed by atoms with E-state index in [9.17, 15) is 9.59 Å². The zero-order valence-corrected chi connectivity index (χ0v) is 12.7. The summed E-state index contributed by atoms with van der Waals surface area (Å²) >= 11 is 10.8. The van der Waals surface area contributed by atoms with Crippen LogP contribution in [-0.2, 0) is 11.2 Å². The lowest BCUT2D eigenvalue weighted by atomic mass is 10.0. The molecule has 0 saturated carbocycles. The highest BCUT2D eigenvalue weighted by molar-refractivity contribution is 9.11. The molecule has 1 N–H and O–H groups in total. The lowest BCUT2D eigenvalue weighted by molar-refractivity contribution is -0.115. The minimum Gasteiger partial charge on any atom is -0.325 e. The summed E-state index contributed by atoms with van der Waals surface area (Å²) in [6.45, 7) is 0. The fourth-order valence-electron chi connectivity index (χ4n) is 1.99. The van der Waals surface area contributed by atoms with Gasteiger partial charge in [-0.2, -0.15) is 0 Å². The average molecular weight is 357 g/mol. The maximum absolute atomic E-state index is 12.4. The molecule has 1 aromatic heterocycles. The third-order valence-electron chi connectivity index (χ3n) is 2.86. The van der Waals surface area contributed by atoms with Gasteiger partial charge in [0.2, 0.25) is 11.7 Å². The van der Waals surface area contributed by atoms with Gasteiger partial charge in [0, 0.05) is 11.3 Å². The second-order valence-corrected chi connectivity index (χ2v) is 7.02. The van der Waals surface area contributed by atoms with Gasteiger partial charge in [0.05, 0.1) is 20.1 Å². The first-order chi connectivity index (χ1) is 9.04. The van der Waals surface area contributed by atoms with Crippen molar-refractivity contribution in [3.05, 3.63) is 49.1 Å². The fraction of sp³-hybridized carbons (Fsp3) is 0.0769. The molecule has 1 aromatic carbocycles. The van der Waals surface area contributed by atoms with Gasteiger partial charge < -0.3 is 5.32 Å². The van der Waals surface area contributed by atoms with E-state index in [1.807, 2.05) is 6.07 Å². The van der Waals surface area contributed by atoms with E-state index in [2.05, 4.69) is 21.2 Å². The van der Waals surface area contributed by atoms with Gasteiger partial charge in [-0.25, -0.2) is 0 Å². The van der Waals surface area contributed by atoms with Crippen LogP contribution >= 0.6 is 38.9 Å². The number of anilines is 1. The average Bonchev–Trinajstić information content (AvgIpc) is 2.92. The van der Waals surface area contributed by atoms with Gasteiger partial charge in [-0.1, -0.05) is 11.6 Å². The van der Waals surface area contributed by atoms with Gasteiger partial charge in [0.1, 0.15) is 0 Å². The third-order valence-corrected chi connectivity index (χ3v) is 4.79. The molecule has 0 saturated heterocycles. The molecular formula is C13H7BrClNO2S. The maximum Gasteiger partial charge on any atom is 0.228 e. The molecule has 0 spiro atoms. The van der Waals surface area contributed by atoms with Crippen molar-refractivity contribution in [1.29, 1.82) is 0 Å². The van der Waals surface area contributed by atoms with Crippen LogP contribution in [0.1, 0.15) is 20.8 Å². The summed E-state index contributed by atoms with van der Waals surface area (Å²) in [7, 11) is 0. The van der Waals surface area contributed by atoms with Gasteiger partial charge in [0.15, 0.2) is 0 Å². The predicted octanol–water partition coefficient (Wildman–Crippen LogP) is 3.89. The molecule has 0 unspecified atom stereocenters. The number of thiophene rings is 1. The molecule has 0 bridgehead atoms. The molecule has 96 valence electrons. The topological polar surface area (TPSA) is 46.2 Å². The minimum absolute atomic E-state index is 0.0745. The van der Waals surface area contributed by atoms with E-state index in [0.717, 1.165) is 9.35 Å². The molecule has 3 nitrogen and oxygen atoms in total. The Morgan fingerprint density at radius 2 is 2.16 bits per heavy atom. The predicted molar refractivity (Wildman–Crippen MR) is 79.2 cm³/mol. The van der Waals surface area contributed by atoms with Crippen molar-refractivity contribution in [2.24, 2.45) is 0 Å². The second kappa shape index (κ2) is 4.74. The number of amides is 1. The number of fused-ring (bicyclic) bond motifs is 1. The van der Waals surface area contributed by atoms with Crippen molar-refractivity contribution in [2.45, 2.75) is 6.42 Å². The monoisotopic (exact) mass is 355 g/mol.